The third kappa shape index (κ3) is 2.02. The quantitative estimate of drug-likeness (QED) is 0.694. The van der Waals surface area contributed by atoms with Crippen LogP contribution in [0.1, 0.15) is 26.2 Å². The molecule has 2 atom stereocenters. The van der Waals surface area contributed by atoms with Gasteiger partial charge >= 0.3 is 0 Å². The molecule has 1 heterocycles. The fourth-order valence-electron chi connectivity index (χ4n) is 2.21. The van der Waals surface area contributed by atoms with Crippen LogP contribution in [-0.4, -0.2) is 29.9 Å². The van der Waals surface area contributed by atoms with Crippen molar-refractivity contribution in [1.82, 2.24) is 4.90 Å². The smallest absolute Gasteiger partial charge is 0.222 e. The van der Waals surface area contributed by atoms with Crippen molar-refractivity contribution < 1.29 is 4.79 Å². The van der Waals surface area contributed by atoms with E-state index in [9.17, 15) is 4.79 Å². The minimum atomic E-state index is 0.113. The van der Waals surface area contributed by atoms with Gasteiger partial charge in [0.2, 0.25) is 5.91 Å². The molecule has 3 nitrogen and oxygen atoms in total. The fraction of sp³-hybridized carbons (Fsp3) is 0.900. The van der Waals surface area contributed by atoms with E-state index in [1.165, 1.54) is 12.8 Å². The highest BCUT2D eigenvalue weighted by atomic mass is 16.2. The molecule has 1 saturated heterocycles. The molecule has 2 N–H and O–H groups in total. The van der Waals surface area contributed by atoms with E-state index in [0.717, 1.165) is 25.4 Å². The molecule has 1 aliphatic carbocycles. The maximum absolute atomic E-state index is 11.5. The van der Waals surface area contributed by atoms with Gasteiger partial charge in [0, 0.05) is 25.6 Å². The number of carbonyl (C=O) groups excluding carboxylic acids is 1. The van der Waals surface area contributed by atoms with Crippen LogP contribution in [0.4, 0.5) is 0 Å². The lowest BCUT2D eigenvalue weighted by molar-refractivity contribution is -0.127. The average molecular weight is 182 g/mol. The summed E-state index contributed by atoms with van der Waals surface area (Å²) in [4.78, 5) is 13.5. The minimum Gasteiger partial charge on any atom is -0.341 e. The molecule has 3 heteroatoms. The van der Waals surface area contributed by atoms with Crippen LogP contribution >= 0.6 is 0 Å². The van der Waals surface area contributed by atoms with Crippen molar-refractivity contribution in [3.05, 3.63) is 0 Å². The van der Waals surface area contributed by atoms with Crippen LogP contribution < -0.4 is 5.73 Å². The topological polar surface area (TPSA) is 46.3 Å². The van der Waals surface area contributed by atoms with Gasteiger partial charge in [-0.05, 0) is 31.6 Å². The van der Waals surface area contributed by atoms with Crippen molar-refractivity contribution in [3.63, 3.8) is 0 Å². The van der Waals surface area contributed by atoms with Crippen LogP contribution in [0.15, 0.2) is 0 Å². The Morgan fingerprint density at radius 2 is 2.23 bits per heavy atom. The van der Waals surface area contributed by atoms with Crippen LogP contribution in [-0.2, 0) is 4.79 Å². The Balaban J connectivity index is 1.87. The lowest BCUT2D eigenvalue weighted by atomic mass is 10.0. The molecule has 0 aromatic rings. The van der Waals surface area contributed by atoms with Crippen molar-refractivity contribution in [2.75, 3.05) is 13.1 Å². The summed E-state index contributed by atoms with van der Waals surface area (Å²) in [6, 6.07) is 0.113. The van der Waals surface area contributed by atoms with E-state index in [1.807, 2.05) is 11.8 Å². The largest absolute Gasteiger partial charge is 0.341 e. The van der Waals surface area contributed by atoms with Gasteiger partial charge in [0.15, 0.2) is 0 Å². The highest BCUT2D eigenvalue weighted by Gasteiger charge is 2.39. The number of amides is 1. The van der Waals surface area contributed by atoms with Gasteiger partial charge in [-0.15, -0.1) is 0 Å². The Morgan fingerprint density at radius 3 is 2.77 bits per heavy atom. The molecule has 1 amide bonds. The Kier molecular flexibility index (Phi) is 2.28. The van der Waals surface area contributed by atoms with Crippen molar-refractivity contribution in [1.29, 1.82) is 0 Å². The second kappa shape index (κ2) is 3.29. The van der Waals surface area contributed by atoms with Crippen LogP contribution in [0.3, 0.4) is 0 Å². The maximum Gasteiger partial charge on any atom is 0.222 e. The Bertz CT molecular complexity index is 211. The average Bonchev–Trinajstić information content (AvgIpc) is 2.79. The molecule has 2 rings (SSSR count). The Hall–Kier alpha value is -0.570. The monoisotopic (exact) mass is 182 g/mol. The van der Waals surface area contributed by atoms with E-state index < -0.39 is 0 Å². The molecular weight excluding hydrogens is 164 g/mol. The molecular formula is C10H18N2O. The first-order chi connectivity index (χ1) is 6.16. The van der Waals surface area contributed by atoms with Gasteiger partial charge in [-0.3, -0.25) is 4.79 Å². The van der Waals surface area contributed by atoms with Crippen molar-refractivity contribution >= 4 is 5.91 Å². The second-order valence-electron chi connectivity index (χ2n) is 4.58. The van der Waals surface area contributed by atoms with Gasteiger partial charge in [-0.2, -0.15) is 0 Å². The number of nitrogens with two attached hydrogens (primary N) is 1. The molecule has 13 heavy (non-hydrogen) atoms. The molecule has 1 unspecified atom stereocenters. The minimum absolute atomic E-state index is 0.113. The van der Waals surface area contributed by atoms with E-state index in [1.54, 1.807) is 0 Å². The molecule has 74 valence electrons. The van der Waals surface area contributed by atoms with Crippen LogP contribution in [0.2, 0.25) is 0 Å². The summed E-state index contributed by atoms with van der Waals surface area (Å²) >= 11 is 0. The highest BCUT2D eigenvalue weighted by molar-refractivity contribution is 5.78. The van der Waals surface area contributed by atoms with Gasteiger partial charge < -0.3 is 10.6 Å². The van der Waals surface area contributed by atoms with Crippen molar-refractivity contribution in [3.8, 4) is 0 Å². The van der Waals surface area contributed by atoms with E-state index in [0.29, 0.717) is 11.8 Å². The third-order valence-corrected chi connectivity index (χ3v) is 3.04. The number of likely N-dealkylation sites (tertiary alicyclic amines) is 1. The second-order valence-corrected chi connectivity index (χ2v) is 4.58. The molecule has 1 aliphatic heterocycles. The van der Waals surface area contributed by atoms with E-state index in [-0.39, 0.29) is 6.04 Å². The molecule has 0 radical (unpaired) electrons. The van der Waals surface area contributed by atoms with E-state index in [4.69, 9.17) is 5.73 Å². The third-order valence-electron chi connectivity index (χ3n) is 3.04. The normalized spacial score (nSPS) is 31.1. The molecule has 0 aromatic carbocycles. The van der Waals surface area contributed by atoms with Gasteiger partial charge in [0.25, 0.3) is 0 Å². The van der Waals surface area contributed by atoms with E-state index in [2.05, 4.69) is 0 Å². The van der Waals surface area contributed by atoms with Gasteiger partial charge in [0.1, 0.15) is 0 Å². The van der Waals surface area contributed by atoms with Crippen molar-refractivity contribution in [2.24, 2.45) is 17.6 Å². The lowest BCUT2D eigenvalue weighted by Gasteiger charge is -2.18. The zero-order valence-corrected chi connectivity index (χ0v) is 8.20. The first kappa shape index (κ1) is 9.00. The van der Waals surface area contributed by atoms with Crippen LogP contribution in [0.25, 0.3) is 0 Å². The number of hydrogen-bond donors (Lipinski definition) is 1. The summed E-state index contributed by atoms with van der Waals surface area (Å²) in [5.74, 6) is 1.81. The van der Waals surface area contributed by atoms with E-state index >= 15 is 0 Å². The molecule has 1 saturated carbocycles. The standard InChI is InChI=1S/C10H18N2O/c1-7(11)5-12-6-9(4-10(12)13)8-2-3-8/h7-9H,2-6,11H2,1H3/t7-,9?/m1/s1. The summed E-state index contributed by atoms with van der Waals surface area (Å²) in [6.07, 6.45) is 3.45. The van der Waals surface area contributed by atoms with Crippen LogP contribution in [0.5, 0.6) is 0 Å². The zero-order valence-electron chi connectivity index (χ0n) is 8.20. The summed E-state index contributed by atoms with van der Waals surface area (Å²) in [5, 5.41) is 0. The molecule has 2 fully saturated rings. The number of rotatable bonds is 3. The predicted molar refractivity (Wildman–Crippen MR) is 51.1 cm³/mol. The highest BCUT2D eigenvalue weighted by Crippen LogP contribution is 2.41. The first-order valence-corrected chi connectivity index (χ1v) is 5.20. The fourth-order valence-corrected chi connectivity index (χ4v) is 2.21. The lowest BCUT2D eigenvalue weighted by Crippen LogP contribution is -2.36. The number of carbonyl (C=O) groups is 1. The molecule has 0 aromatic heterocycles. The summed E-state index contributed by atoms with van der Waals surface area (Å²) in [5.41, 5.74) is 5.68. The molecule has 0 bridgehead atoms. The van der Waals surface area contributed by atoms with Crippen molar-refractivity contribution in [2.45, 2.75) is 32.2 Å². The Morgan fingerprint density at radius 1 is 1.54 bits per heavy atom. The molecule has 0 spiro atoms. The van der Waals surface area contributed by atoms with Gasteiger partial charge in [-0.1, -0.05) is 0 Å². The molecule has 2 aliphatic rings. The van der Waals surface area contributed by atoms with Crippen LogP contribution in [0, 0.1) is 11.8 Å². The maximum atomic E-state index is 11.5. The number of nitrogens with zero attached hydrogens (tertiary/aromatic N) is 1. The zero-order chi connectivity index (χ0) is 9.42. The van der Waals surface area contributed by atoms with Gasteiger partial charge in [-0.25, -0.2) is 0 Å². The summed E-state index contributed by atoms with van der Waals surface area (Å²) in [7, 11) is 0. The number of hydrogen-bond acceptors (Lipinski definition) is 2. The first-order valence-electron chi connectivity index (χ1n) is 5.20. The SMILES string of the molecule is C[C@@H](N)CN1CC(C2CC2)CC1=O. The summed E-state index contributed by atoms with van der Waals surface area (Å²) < 4.78 is 0. The van der Waals surface area contributed by atoms with Gasteiger partial charge in [0.05, 0.1) is 0 Å². The predicted octanol–water partition coefficient (Wildman–Crippen LogP) is 0.592. The summed E-state index contributed by atoms with van der Waals surface area (Å²) in [6.45, 7) is 3.66. The Labute approximate surface area is 79.3 Å².